The van der Waals surface area contributed by atoms with Crippen LogP contribution in [0.25, 0.3) is 0 Å². The van der Waals surface area contributed by atoms with Gasteiger partial charge in [0.2, 0.25) is 0 Å². The number of aliphatic hydroxyl groups is 1. The third-order valence-corrected chi connectivity index (χ3v) is 2.89. The summed E-state index contributed by atoms with van der Waals surface area (Å²) < 4.78 is 4.86. The summed E-state index contributed by atoms with van der Waals surface area (Å²) in [6.45, 7) is 4.45. The van der Waals surface area contributed by atoms with Gasteiger partial charge in [-0.15, -0.1) is 0 Å². The zero-order valence-electron chi connectivity index (χ0n) is 9.91. The number of nitrogens with one attached hydrogen (secondary N) is 1. The fraction of sp³-hybridized carbons (Fsp3) is 1.00. The highest BCUT2D eigenvalue weighted by Crippen LogP contribution is 2.13. The lowest BCUT2D eigenvalue weighted by Crippen LogP contribution is -2.39. The van der Waals surface area contributed by atoms with Gasteiger partial charge in [-0.05, 0) is 38.9 Å². The van der Waals surface area contributed by atoms with Crippen LogP contribution in [0, 0.1) is 5.92 Å². The Kier molecular flexibility index (Phi) is 6.17. The van der Waals surface area contributed by atoms with Crippen molar-refractivity contribution in [2.24, 2.45) is 5.92 Å². The highest BCUT2D eigenvalue weighted by Gasteiger charge is 2.16. The standard InChI is InChI=1S/C11H24N2O2/c1-13-5-3-4-10(8-13)6-12-7-11(14)9-15-2/h10-12,14H,3-9H2,1-2H3. The molecule has 0 aromatic heterocycles. The maximum absolute atomic E-state index is 9.43. The smallest absolute Gasteiger partial charge is 0.0897 e. The van der Waals surface area contributed by atoms with Crippen molar-refractivity contribution in [1.82, 2.24) is 10.2 Å². The highest BCUT2D eigenvalue weighted by atomic mass is 16.5. The zero-order chi connectivity index (χ0) is 11.1. The van der Waals surface area contributed by atoms with Crippen LogP contribution in [0.1, 0.15) is 12.8 Å². The van der Waals surface area contributed by atoms with Crippen molar-refractivity contribution in [3.63, 3.8) is 0 Å². The van der Waals surface area contributed by atoms with Crippen LogP contribution < -0.4 is 5.32 Å². The summed E-state index contributed by atoms with van der Waals surface area (Å²) in [4.78, 5) is 2.38. The number of hydrogen-bond donors (Lipinski definition) is 2. The van der Waals surface area contributed by atoms with E-state index in [1.165, 1.54) is 25.9 Å². The third-order valence-electron chi connectivity index (χ3n) is 2.89. The van der Waals surface area contributed by atoms with Crippen LogP contribution in [0.15, 0.2) is 0 Å². The molecule has 0 radical (unpaired) electrons. The van der Waals surface area contributed by atoms with Crippen LogP contribution in [0.2, 0.25) is 0 Å². The molecule has 0 aromatic carbocycles. The second-order valence-corrected chi connectivity index (χ2v) is 4.54. The molecule has 0 aromatic rings. The van der Waals surface area contributed by atoms with Gasteiger partial charge >= 0.3 is 0 Å². The van der Waals surface area contributed by atoms with Crippen LogP contribution in [0.4, 0.5) is 0 Å². The van der Waals surface area contributed by atoms with Crippen LogP contribution >= 0.6 is 0 Å². The minimum Gasteiger partial charge on any atom is -0.389 e. The van der Waals surface area contributed by atoms with E-state index in [2.05, 4.69) is 17.3 Å². The average molecular weight is 216 g/mol. The Bertz CT molecular complexity index is 167. The Labute approximate surface area is 92.6 Å². The Morgan fingerprint density at radius 2 is 2.40 bits per heavy atom. The maximum Gasteiger partial charge on any atom is 0.0897 e. The average Bonchev–Trinajstić information content (AvgIpc) is 2.18. The van der Waals surface area contributed by atoms with Crippen LogP contribution in [-0.4, -0.2) is 63.1 Å². The van der Waals surface area contributed by atoms with Gasteiger partial charge in [-0.3, -0.25) is 0 Å². The van der Waals surface area contributed by atoms with Crippen LogP contribution in [0.5, 0.6) is 0 Å². The van der Waals surface area contributed by atoms with Crippen molar-refractivity contribution in [2.45, 2.75) is 18.9 Å². The van der Waals surface area contributed by atoms with Crippen LogP contribution in [0.3, 0.4) is 0 Å². The summed E-state index contributed by atoms with van der Waals surface area (Å²) in [7, 11) is 3.78. The van der Waals surface area contributed by atoms with Crippen molar-refractivity contribution in [3.05, 3.63) is 0 Å². The number of ether oxygens (including phenoxy) is 1. The number of likely N-dealkylation sites (tertiary alicyclic amines) is 1. The molecular formula is C11H24N2O2. The van der Waals surface area contributed by atoms with Gasteiger partial charge in [0.05, 0.1) is 12.7 Å². The first-order chi connectivity index (χ1) is 7.22. The second-order valence-electron chi connectivity index (χ2n) is 4.54. The normalized spacial score (nSPS) is 25.4. The predicted octanol–water partition coefficient (Wildman–Crippen LogP) is -0.0749. The fourth-order valence-corrected chi connectivity index (χ4v) is 2.15. The Morgan fingerprint density at radius 1 is 1.60 bits per heavy atom. The topological polar surface area (TPSA) is 44.7 Å². The SMILES string of the molecule is COCC(O)CNCC1CCCN(C)C1. The lowest BCUT2D eigenvalue weighted by atomic mass is 9.98. The number of hydrogen-bond acceptors (Lipinski definition) is 4. The molecule has 4 heteroatoms. The van der Waals surface area contributed by atoms with Crippen molar-refractivity contribution in [1.29, 1.82) is 0 Å². The number of aliphatic hydroxyl groups excluding tert-OH is 1. The summed E-state index contributed by atoms with van der Waals surface area (Å²) in [6, 6.07) is 0. The first-order valence-corrected chi connectivity index (χ1v) is 5.78. The van der Waals surface area contributed by atoms with E-state index in [4.69, 9.17) is 4.74 Å². The molecule has 1 aliphatic heterocycles. The van der Waals surface area contributed by atoms with Gasteiger partial charge < -0.3 is 20.1 Å². The molecule has 0 amide bonds. The van der Waals surface area contributed by atoms with Gasteiger partial charge in [-0.25, -0.2) is 0 Å². The first-order valence-electron chi connectivity index (χ1n) is 5.78. The molecule has 1 aliphatic rings. The van der Waals surface area contributed by atoms with E-state index < -0.39 is 0 Å². The van der Waals surface area contributed by atoms with Gasteiger partial charge in [0.15, 0.2) is 0 Å². The number of piperidine rings is 1. The first kappa shape index (κ1) is 12.9. The Balaban J connectivity index is 2.03. The molecule has 2 N–H and O–H groups in total. The van der Waals surface area contributed by atoms with E-state index >= 15 is 0 Å². The molecule has 0 spiro atoms. The number of nitrogens with zero attached hydrogens (tertiary/aromatic N) is 1. The minimum absolute atomic E-state index is 0.378. The molecular weight excluding hydrogens is 192 g/mol. The third kappa shape index (κ3) is 5.47. The van der Waals surface area contributed by atoms with E-state index in [-0.39, 0.29) is 6.10 Å². The monoisotopic (exact) mass is 216 g/mol. The van der Waals surface area contributed by atoms with Gasteiger partial charge in [0.25, 0.3) is 0 Å². The lowest BCUT2D eigenvalue weighted by molar-refractivity contribution is 0.0632. The second kappa shape index (κ2) is 7.17. The number of methoxy groups -OCH3 is 1. The summed E-state index contributed by atoms with van der Waals surface area (Å²) in [5, 5.41) is 12.7. The van der Waals surface area contributed by atoms with E-state index in [1.807, 2.05) is 0 Å². The Hall–Kier alpha value is -0.160. The van der Waals surface area contributed by atoms with Crippen molar-refractivity contribution >= 4 is 0 Å². The molecule has 1 fully saturated rings. The quantitative estimate of drug-likeness (QED) is 0.652. The molecule has 15 heavy (non-hydrogen) atoms. The Morgan fingerprint density at radius 3 is 3.07 bits per heavy atom. The van der Waals surface area contributed by atoms with Crippen LogP contribution in [-0.2, 0) is 4.74 Å². The predicted molar refractivity (Wildman–Crippen MR) is 61.0 cm³/mol. The molecule has 0 bridgehead atoms. The maximum atomic E-state index is 9.43. The molecule has 2 unspecified atom stereocenters. The van der Waals surface area contributed by atoms with Gasteiger partial charge in [-0.1, -0.05) is 0 Å². The van der Waals surface area contributed by atoms with E-state index in [0.29, 0.717) is 13.2 Å². The largest absolute Gasteiger partial charge is 0.389 e. The van der Waals surface area contributed by atoms with Gasteiger partial charge in [0, 0.05) is 20.2 Å². The molecule has 0 saturated carbocycles. The molecule has 4 nitrogen and oxygen atoms in total. The van der Waals surface area contributed by atoms with Gasteiger partial charge in [0.1, 0.15) is 0 Å². The molecule has 2 atom stereocenters. The van der Waals surface area contributed by atoms with E-state index in [0.717, 1.165) is 12.5 Å². The van der Waals surface area contributed by atoms with Crippen molar-refractivity contribution in [3.8, 4) is 0 Å². The molecule has 1 saturated heterocycles. The molecule has 0 aliphatic carbocycles. The summed E-state index contributed by atoms with van der Waals surface area (Å²) >= 11 is 0. The minimum atomic E-state index is -0.378. The van der Waals surface area contributed by atoms with E-state index in [1.54, 1.807) is 7.11 Å². The lowest BCUT2D eigenvalue weighted by Gasteiger charge is -2.30. The summed E-state index contributed by atoms with van der Waals surface area (Å²) in [5.41, 5.74) is 0. The summed E-state index contributed by atoms with van der Waals surface area (Å²) in [5.74, 6) is 0.735. The van der Waals surface area contributed by atoms with Crippen molar-refractivity contribution < 1.29 is 9.84 Å². The zero-order valence-corrected chi connectivity index (χ0v) is 9.91. The molecule has 1 heterocycles. The summed E-state index contributed by atoms with van der Waals surface area (Å²) in [6.07, 6.45) is 2.22. The fourth-order valence-electron chi connectivity index (χ4n) is 2.15. The molecule has 90 valence electrons. The van der Waals surface area contributed by atoms with Crippen molar-refractivity contribution in [2.75, 3.05) is 46.9 Å². The highest BCUT2D eigenvalue weighted by molar-refractivity contribution is 4.73. The molecule has 1 rings (SSSR count). The number of rotatable bonds is 6. The van der Waals surface area contributed by atoms with E-state index in [9.17, 15) is 5.11 Å². The van der Waals surface area contributed by atoms with Gasteiger partial charge in [-0.2, -0.15) is 0 Å².